The number of aliphatic carboxylic acids is 1. The van der Waals surface area contributed by atoms with Crippen molar-refractivity contribution in [3.63, 3.8) is 0 Å². The van der Waals surface area contributed by atoms with Crippen LogP contribution in [0.2, 0.25) is 0 Å². The molecular weight excluding hydrogens is 264 g/mol. The molecule has 0 saturated carbocycles. The van der Waals surface area contributed by atoms with Crippen LogP contribution in [0.1, 0.15) is 25.7 Å². The Hall–Kier alpha value is -2.40. The van der Waals surface area contributed by atoms with E-state index in [9.17, 15) is 9.59 Å². The van der Waals surface area contributed by atoms with Gasteiger partial charge in [0.15, 0.2) is 0 Å². The Morgan fingerprint density at radius 3 is 2.65 bits per heavy atom. The summed E-state index contributed by atoms with van der Waals surface area (Å²) in [6, 6.07) is -0.0188. The summed E-state index contributed by atoms with van der Waals surface area (Å²) in [4.78, 5) is 23.6. The van der Waals surface area contributed by atoms with E-state index in [2.05, 4.69) is 21.4 Å². The van der Waals surface area contributed by atoms with E-state index in [-0.39, 0.29) is 31.6 Å². The van der Waals surface area contributed by atoms with Crippen molar-refractivity contribution in [2.45, 2.75) is 19.8 Å². The van der Waals surface area contributed by atoms with E-state index in [1.807, 2.05) is 13.8 Å². The van der Waals surface area contributed by atoms with E-state index in [0.717, 1.165) is 0 Å². The molecule has 0 aliphatic carbocycles. The molecule has 1 aromatic rings. The van der Waals surface area contributed by atoms with Gasteiger partial charge in [0.2, 0.25) is 11.8 Å². The van der Waals surface area contributed by atoms with E-state index in [1.165, 1.54) is 4.90 Å². The lowest BCUT2D eigenvalue weighted by molar-refractivity contribution is -0.138. The number of anilines is 1. The van der Waals surface area contributed by atoms with Gasteiger partial charge in [-0.25, -0.2) is 0 Å². The Balaban J connectivity index is 2.56. The van der Waals surface area contributed by atoms with Gasteiger partial charge in [-0.15, -0.1) is 11.5 Å². The van der Waals surface area contributed by atoms with Gasteiger partial charge in [0.05, 0.1) is 19.6 Å². The normalized spacial score (nSPS) is 10.6. The first-order chi connectivity index (χ1) is 9.42. The zero-order valence-electron chi connectivity index (χ0n) is 11.3. The molecule has 1 aromatic heterocycles. The molecule has 0 bridgehead atoms. The first kappa shape index (κ1) is 15.7. The van der Waals surface area contributed by atoms with Gasteiger partial charge in [-0.3, -0.25) is 19.8 Å². The molecule has 1 heterocycles. The second kappa shape index (κ2) is 7.25. The van der Waals surface area contributed by atoms with Gasteiger partial charge in [0.25, 0.3) is 0 Å². The predicted octanol–water partition coefficient (Wildman–Crippen LogP) is 0.151. The number of carboxylic acid groups (broad SMARTS) is 1. The number of hydrogen-bond acceptors (Lipinski definition) is 6. The average Bonchev–Trinajstić information content (AvgIpc) is 2.76. The van der Waals surface area contributed by atoms with Crippen molar-refractivity contribution < 1.29 is 19.1 Å². The second-order valence-corrected chi connectivity index (χ2v) is 4.39. The Bertz CT molecular complexity index is 518. The third-order valence-corrected chi connectivity index (χ3v) is 2.22. The van der Waals surface area contributed by atoms with Crippen molar-refractivity contribution in [2.75, 3.05) is 25.0 Å². The number of hydrogen-bond donors (Lipinski definition) is 2. The number of rotatable bonds is 7. The smallest absolute Gasteiger partial charge is 0.322 e. The minimum Gasteiger partial charge on any atom is -0.480 e. The van der Waals surface area contributed by atoms with Crippen molar-refractivity contribution in [2.24, 2.45) is 0 Å². The number of aromatic nitrogens is 2. The summed E-state index contributed by atoms with van der Waals surface area (Å²) in [5.74, 6) is 1.22. The Morgan fingerprint density at radius 1 is 1.45 bits per heavy atom. The molecule has 1 amide bonds. The molecule has 0 aliphatic rings. The van der Waals surface area contributed by atoms with Gasteiger partial charge in [-0.1, -0.05) is 24.9 Å². The summed E-state index contributed by atoms with van der Waals surface area (Å²) in [6.07, 6.45) is 5.11. The van der Waals surface area contributed by atoms with Crippen molar-refractivity contribution in [3.05, 3.63) is 5.89 Å². The van der Waals surface area contributed by atoms with Crippen LogP contribution in [0.15, 0.2) is 4.42 Å². The number of amides is 1. The van der Waals surface area contributed by atoms with Crippen LogP contribution in [-0.4, -0.2) is 51.7 Å². The van der Waals surface area contributed by atoms with Gasteiger partial charge >= 0.3 is 12.0 Å². The van der Waals surface area contributed by atoms with Gasteiger partial charge in [-0.05, 0) is 0 Å². The fraction of sp³-hybridized carbons (Fsp3) is 0.500. The van der Waals surface area contributed by atoms with Crippen LogP contribution >= 0.6 is 0 Å². The molecule has 1 rings (SSSR count). The predicted molar refractivity (Wildman–Crippen MR) is 69.9 cm³/mol. The molecule has 20 heavy (non-hydrogen) atoms. The number of carbonyl (C=O) groups is 2. The van der Waals surface area contributed by atoms with Crippen LogP contribution in [-0.2, 0) is 9.59 Å². The number of nitrogens with one attached hydrogen (secondary N) is 1. The summed E-state index contributed by atoms with van der Waals surface area (Å²) >= 11 is 0. The van der Waals surface area contributed by atoms with Crippen LogP contribution in [0.3, 0.4) is 0 Å². The maximum atomic E-state index is 11.7. The van der Waals surface area contributed by atoms with Crippen LogP contribution in [0, 0.1) is 12.3 Å². The van der Waals surface area contributed by atoms with Gasteiger partial charge in [0.1, 0.15) is 0 Å². The summed E-state index contributed by atoms with van der Waals surface area (Å²) < 4.78 is 5.21. The largest absolute Gasteiger partial charge is 0.480 e. The Kier molecular flexibility index (Phi) is 5.68. The highest BCUT2D eigenvalue weighted by molar-refractivity contribution is 5.90. The van der Waals surface area contributed by atoms with Crippen molar-refractivity contribution in [1.29, 1.82) is 0 Å². The van der Waals surface area contributed by atoms with Gasteiger partial charge in [-0.2, -0.15) is 0 Å². The lowest BCUT2D eigenvalue weighted by Crippen LogP contribution is -2.37. The van der Waals surface area contributed by atoms with Crippen LogP contribution < -0.4 is 5.32 Å². The molecule has 108 valence electrons. The third kappa shape index (κ3) is 5.07. The number of nitrogens with zero attached hydrogens (tertiary/aromatic N) is 3. The van der Waals surface area contributed by atoms with Crippen molar-refractivity contribution in [1.82, 2.24) is 15.1 Å². The van der Waals surface area contributed by atoms with Gasteiger partial charge < -0.3 is 9.52 Å². The minimum atomic E-state index is -1.06. The second-order valence-electron chi connectivity index (χ2n) is 4.39. The average molecular weight is 280 g/mol. The molecule has 0 spiro atoms. The quantitative estimate of drug-likeness (QED) is 0.684. The highest BCUT2D eigenvalue weighted by Gasteiger charge is 2.16. The summed E-state index contributed by atoms with van der Waals surface area (Å²) in [7, 11) is 0. The molecule has 0 radical (unpaired) electrons. The van der Waals surface area contributed by atoms with E-state index < -0.39 is 11.9 Å². The SMILES string of the molecule is C#CCN(CC(=O)O)CC(=O)Nc1nnc(C(C)C)o1. The molecular formula is C12H16N4O4. The van der Waals surface area contributed by atoms with E-state index in [4.69, 9.17) is 15.9 Å². The van der Waals surface area contributed by atoms with E-state index in [1.54, 1.807) is 0 Å². The Morgan fingerprint density at radius 2 is 2.15 bits per heavy atom. The van der Waals surface area contributed by atoms with E-state index >= 15 is 0 Å². The topological polar surface area (TPSA) is 109 Å². The number of terminal acetylenes is 1. The third-order valence-electron chi connectivity index (χ3n) is 2.22. The Labute approximate surface area is 116 Å². The van der Waals surface area contributed by atoms with E-state index in [0.29, 0.717) is 5.89 Å². The molecule has 8 heteroatoms. The zero-order valence-corrected chi connectivity index (χ0v) is 11.3. The summed E-state index contributed by atoms with van der Waals surface area (Å²) in [5, 5.41) is 18.5. The maximum Gasteiger partial charge on any atom is 0.322 e. The summed E-state index contributed by atoms with van der Waals surface area (Å²) in [6.45, 7) is 3.32. The molecule has 0 aromatic carbocycles. The highest BCUT2D eigenvalue weighted by Crippen LogP contribution is 2.14. The minimum absolute atomic E-state index is 0.0188. The molecule has 0 saturated heterocycles. The zero-order chi connectivity index (χ0) is 15.1. The van der Waals surface area contributed by atoms with Crippen LogP contribution in [0.5, 0.6) is 0 Å². The molecule has 0 atom stereocenters. The molecule has 0 unspecified atom stereocenters. The first-order valence-electron chi connectivity index (χ1n) is 5.93. The van der Waals surface area contributed by atoms with Crippen molar-refractivity contribution >= 4 is 17.9 Å². The van der Waals surface area contributed by atoms with Crippen LogP contribution in [0.4, 0.5) is 6.01 Å². The maximum absolute atomic E-state index is 11.7. The number of carbonyl (C=O) groups excluding carboxylic acids is 1. The molecule has 2 N–H and O–H groups in total. The molecule has 0 fully saturated rings. The lowest BCUT2D eigenvalue weighted by Gasteiger charge is -2.15. The van der Waals surface area contributed by atoms with Gasteiger partial charge in [0, 0.05) is 5.92 Å². The highest BCUT2D eigenvalue weighted by atomic mass is 16.4. The molecule has 0 aliphatic heterocycles. The van der Waals surface area contributed by atoms with Crippen molar-refractivity contribution in [3.8, 4) is 12.3 Å². The standard InChI is InChI=1S/C12H16N4O4/c1-4-5-16(7-10(18)19)6-9(17)13-12-15-14-11(20-12)8(2)3/h1,8H,5-7H2,2-3H3,(H,18,19)(H,13,15,17). The first-order valence-corrected chi connectivity index (χ1v) is 5.93. The fourth-order valence-corrected chi connectivity index (χ4v) is 1.37. The monoisotopic (exact) mass is 280 g/mol. The lowest BCUT2D eigenvalue weighted by atomic mass is 10.2. The van der Waals surface area contributed by atoms with Crippen LogP contribution in [0.25, 0.3) is 0 Å². The summed E-state index contributed by atoms with van der Waals surface area (Å²) in [5.41, 5.74) is 0. The number of carboxylic acids is 1. The fourth-order valence-electron chi connectivity index (χ4n) is 1.37. The molecule has 8 nitrogen and oxygen atoms in total.